The van der Waals surface area contributed by atoms with E-state index < -0.39 is 0 Å². The number of guanidine groups is 1. The summed E-state index contributed by atoms with van der Waals surface area (Å²) in [5, 5.41) is 6.70. The Morgan fingerprint density at radius 2 is 2.15 bits per heavy atom. The van der Waals surface area contributed by atoms with Crippen LogP contribution in [0.3, 0.4) is 0 Å². The van der Waals surface area contributed by atoms with E-state index in [9.17, 15) is 0 Å². The lowest BCUT2D eigenvalue weighted by molar-refractivity contribution is 0.313. The molecule has 0 saturated carbocycles. The van der Waals surface area contributed by atoms with Gasteiger partial charge in [0.1, 0.15) is 5.75 Å². The van der Waals surface area contributed by atoms with E-state index in [0.29, 0.717) is 6.54 Å². The number of hydrogen-bond acceptors (Lipinski definition) is 3. The Morgan fingerprint density at radius 3 is 2.85 bits per heavy atom. The lowest BCUT2D eigenvalue weighted by atomic mass is 10.1. The molecule has 0 atom stereocenters. The van der Waals surface area contributed by atoms with Gasteiger partial charge in [-0.05, 0) is 31.4 Å². The molecule has 7 heteroatoms. The number of nitrogens with one attached hydrogen (secondary N) is 2. The lowest BCUT2D eigenvalue weighted by Gasteiger charge is -2.15. The third-order valence-electron chi connectivity index (χ3n) is 3.80. The number of aryl methyl sites for hydroxylation is 2. The first-order chi connectivity index (χ1) is 12.2. The minimum atomic E-state index is 0. The first kappa shape index (κ1) is 22.3. The normalized spacial score (nSPS) is 11.0. The molecule has 0 aliphatic carbocycles. The molecule has 0 bridgehead atoms. The smallest absolute Gasteiger partial charge is 0.191 e. The molecular weight excluding hydrogens is 441 g/mol. The minimum Gasteiger partial charge on any atom is -0.493 e. The highest BCUT2D eigenvalue weighted by Crippen LogP contribution is 2.20. The van der Waals surface area contributed by atoms with E-state index >= 15 is 0 Å². The van der Waals surface area contributed by atoms with Crippen molar-refractivity contribution >= 4 is 29.9 Å². The maximum atomic E-state index is 5.86. The van der Waals surface area contributed by atoms with Crippen LogP contribution < -0.4 is 15.4 Å². The van der Waals surface area contributed by atoms with Gasteiger partial charge in [0.25, 0.3) is 0 Å². The van der Waals surface area contributed by atoms with Crippen LogP contribution in [0.2, 0.25) is 0 Å². The first-order valence-corrected chi connectivity index (χ1v) is 8.85. The Hall–Kier alpha value is -1.77. The van der Waals surface area contributed by atoms with Crippen molar-refractivity contribution in [1.82, 2.24) is 20.2 Å². The molecular formula is C19H30IN5O. The van der Waals surface area contributed by atoms with Gasteiger partial charge in [-0.15, -0.1) is 24.0 Å². The molecule has 6 nitrogen and oxygen atoms in total. The minimum absolute atomic E-state index is 0. The van der Waals surface area contributed by atoms with Crippen LogP contribution in [0.15, 0.2) is 41.9 Å². The second kappa shape index (κ2) is 12.6. The zero-order valence-electron chi connectivity index (χ0n) is 15.9. The number of aliphatic imine (C=N–C) groups is 1. The summed E-state index contributed by atoms with van der Waals surface area (Å²) >= 11 is 0. The van der Waals surface area contributed by atoms with E-state index in [1.54, 1.807) is 13.2 Å². The predicted octanol–water partition coefficient (Wildman–Crippen LogP) is 3.35. The molecule has 144 valence electrons. The van der Waals surface area contributed by atoms with Gasteiger partial charge in [-0.1, -0.05) is 19.1 Å². The first-order valence-electron chi connectivity index (χ1n) is 8.85. The number of nitrogens with zero attached hydrogens (tertiary/aromatic N) is 3. The molecule has 1 aromatic carbocycles. The van der Waals surface area contributed by atoms with Crippen LogP contribution in [0.1, 0.15) is 30.9 Å². The van der Waals surface area contributed by atoms with Crippen molar-refractivity contribution < 1.29 is 4.74 Å². The largest absolute Gasteiger partial charge is 0.493 e. The maximum absolute atomic E-state index is 5.86. The number of rotatable bonds is 9. The number of ether oxygens (including phenoxy) is 1. The van der Waals surface area contributed by atoms with Gasteiger partial charge in [-0.3, -0.25) is 4.99 Å². The van der Waals surface area contributed by atoms with Crippen LogP contribution in [-0.4, -0.2) is 35.7 Å². The van der Waals surface area contributed by atoms with Crippen molar-refractivity contribution in [3.05, 3.63) is 48.0 Å². The van der Waals surface area contributed by atoms with Gasteiger partial charge in [0.05, 0.1) is 12.9 Å². The lowest BCUT2D eigenvalue weighted by Crippen LogP contribution is -2.37. The van der Waals surface area contributed by atoms with Crippen LogP contribution in [0.5, 0.6) is 5.75 Å². The van der Waals surface area contributed by atoms with E-state index in [1.165, 1.54) is 5.56 Å². The third-order valence-corrected chi connectivity index (χ3v) is 3.80. The van der Waals surface area contributed by atoms with Gasteiger partial charge in [0, 0.05) is 44.6 Å². The quantitative estimate of drug-likeness (QED) is 0.255. The summed E-state index contributed by atoms with van der Waals surface area (Å²) in [4.78, 5) is 8.33. The molecule has 26 heavy (non-hydrogen) atoms. The average Bonchev–Trinajstić information content (AvgIpc) is 3.14. The van der Waals surface area contributed by atoms with E-state index in [1.807, 2.05) is 12.5 Å². The molecule has 0 fully saturated rings. The average molecular weight is 471 g/mol. The number of benzene rings is 1. The van der Waals surface area contributed by atoms with E-state index in [0.717, 1.165) is 49.8 Å². The summed E-state index contributed by atoms with van der Waals surface area (Å²) in [7, 11) is 1.79. The summed E-state index contributed by atoms with van der Waals surface area (Å²) in [6, 6.07) is 6.31. The van der Waals surface area contributed by atoms with Crippen LogP contribution >= 0.6 is 24.0 Å². The van der Waals surface area contributed by atoms with Gasteiger partial charge in [0.15, 0.2) is 5.96 Å². The zero-order chi connectivity index (χ0) is 17.9. The fourth-order valence-corrected chi connectivity index (χ4v) is 2.44. The molecule has 0 aliphatic rings. The SMILES string of the molecule is CCCOc1cc(C)ccc1CNC(=NC)NCCCn1ccnc1.I. The second-order valence-electron chi connectivity index (χ2n) is 5.97. The van der Waals surface area contributed by atoms with Gasteiger partial charge in [-0.2, -0.15) is 0 Å². The van der Waals surface area contributed by atoms with Gasteiger partial charge in [0.2, 0.25) is 0 Å². The fraction of sp³-hybridized carbons (Fsp3) is 0.474. The van der Waals surface area contributed by atoms with Crippen molar-refractivity contribution in [3.8, 4) is 5.75 Å². The van der Waals surface area contributed by atoms with E-state index in [4.69, 9.17) is 4.74 Å². The number of hydrogen-bond donors (Lipinski definition) is 2. The summed E-state index contributed by atoms with van der Waals surface area (Å²) in [5.74, 6) is 1.75. The summed E-state index contributed by atoms with van der Waals surface area (Å²) in [5.41, 5.74) is 2.34. The Morgan fingerprint density at radius 1 is 1.31 bits per heavy atom. The molecule has 0 unspecified atom stereocenters. The summed E-state index contributed by atoms with van der Waals surface area (Å²) < 4.78 is 7.93. The van der Waals surface area contributed by atoms with Crippen LogP contribution in [0.4, 0.5) is 0 Å². The van der Waals surface area contributed by atoms with Crippen molar-refractivity contribution in [2.75, 3.05) is 20.2 Å². The van der Waals surface area contributed by atoms with Gasteiger partial charge < -0.3 is 19.9 Å². The van der Waals surface area contributed by atoms with Crippen LogP contribution in [-0.2, 0) is 13.1 Å². The number of imidazole rings is 1. The number of aromatic nitrogens is 2. The van der Waals surface area contributed by atoms with Crippen LogP contribution in [0.25, 0.3) is 0 Å². The summed E-state index contributed by atoms with van der Waals surface area (Å²) in [6.07, 6.45) is 7.62. The van der Waals surface area contributed by atoms with Gasteiger partial charge in [-0.25, -0.2) is 4.98 Å². The van der Waals surface area contributed by atoms with E-state index in [2.05, 4.69) is 57.2 Å². The molecule has 2 N–H and O–H groups in total. The molecule has 0 aliphatic heterocycles. The Balaban J connectivity index is 0.00000338. The molecule has 1 heterocycles. The van der Waals surface area contributed by atoms with Gasteiger partial charge >= 0.3 is 0 Å². The Labute approximate surface area is 173 Å². The molecule has 2 aromatic rings. The van der Waals surface area contributed by atoms with Crippen molar-refractivity contribution in [2.45, 2.75) is 39.8 Å². The highest BCUT2D eigenvalue weighted by atomic mass is 127. The van der Waals surface area contributed by atoms with Crippen molar-refractivity contribution in [3.63, 3.8) is 0 Å². The molecule has 0 amide bonds. The topological polar surface area (TPSA) is 63.5 Å². The highest BCUT2D eigenvalue weighted by molar-refractivity contribution is 14.0. The second-order valence-corrected chi connectivity index (χ2v) is 5.97. The monoisotopic (exact) mass is 471 g/mol. The maximum Gasteiger partial charge on any atom is 0.191 e. The van der Waals surface area contributed by atoms with E-state index in [-0.39, 0.29) is 24.0 Å². The molecule has 1 aromatic heterocycles. The van der Waals surface area contributed by atoms with Crippen molar-refractivity contribution in [2.24, 2.45) is 4.99 Å². The molecule has 0 saturated heterocycles. The fourth-order valence-electron chi connectivity index (χ4n) is 2.44. The van der Waals surface area contributed by atoms with Crippen molar-refractivity contribution in [1.29, 1.82) is 0 Å². The number of halogens is 1. The Bertz CT molecular complexity index is 658. The molecule has 0 radical (unpaired) electrons. The predicted molar refractivity (Wildman–Crippen MR) is 117 cm³/mol. The molecule has 2 rings (SSSR count). The Kier molecular flexibility index (Phi) is 10.8. The standard InChI is InChI=1S/C19H29N5O.HI/c1-4-12-25-18-13-16(2)6-7-17(18)14-23-19(20-3)22-8-5-10-24-11-9-21-15-24;/h6-7,9,11,13,15H,4-5,8,10,12,14H2,1-3H3,(H2,20,22,23);1H. The highest BCUT2D eigenvalue weighted by Gasteiger charge is 2.05. The zero-order valence-corrected chi connectivity index (χ0v) is 18.2. The van der Waals surface area contributed by atoms with Crippen LogP contribution in [0, 0.1) is 6.92 Å². The third kappa shape index (κ3) is 7.63. The molecule has 0 spiro atoms. The summed E-state index contributed by atoms with van der Waals surface area (Å²) in [6.45, 7) is 7.40.